The highest BCUT2D eigenvalue weighted by atomic mass is 32.2. The lowest BCUT2D eigenvalue weighted by atomic mass is 10.1. The molecule has 0 bridgehead atoms. The standard InChI is InChI=1S/C14H20OS/c1-11-5-6-12(2)13(9-11)16-10-14(15)7-3-4-8-14/h5-6,9,15H,3-4,7-8,10H2,1-2H3. The topological polar surface area (TPSA) is 20.2 Å². The first-order valence-electron chi connectivity index (χ1n) is 6.02. The first kappa shape index (κ1) is 12.0. The molecular weight excluding hydrogens is 216 g/mol. The average molecular weight is 236 g/mol. The van der Waals surface area contributed by atoms with E-state index in [1.54, 1.807) is 0 Å². The van der Waals surface area contributed by atoms with E-state index >= 15 is 0 Å². The zero-order chi connectivity index (χ0) is 11.6. The van der Waals surface area contributed by atoms with E-state index in [-0.39, 0.29) is 0 Å². The summed E-state index contributed by atoms with van der Waals surface area (Å²) in [6.07, 6.45) is 4.32. The highest BCUT2D eigenvalue weighted by molar-refractivity contribution is 7.99. The molecule has 88 valence electrons. The van der Waals surface area contributed by atoms with Gasteiger partial charge in [-0.25, -0.2) is 0 Å². The van der Waals surface area contributed by atoms with Crippen molar-refractivity contribution in [2.24, 2.45) is 0 Å². The zero-order valence-electron chi connectivity index (χ0n) is 10.1. The summed E-state index contributed by atoms with van der Waals surface area (Å²) in [5.74, 6) is 0.845. The number of aryl methyl sites for hydroxylation is 2. The minimum atomic E-state index is -0.402. The SMILES string of the molecule is Cc1ccc(C)c(SCC2(O)CCCC2)c1. The van der Waals surface area contributed by atoms with E-state index in [0.29, 0.717) is 0 Å². The van der Waals surface area contributed by atoms with Crippen LogP contribution in [0.4, 0.5) is 0 Å². The van der Waals surface area contributed by atoms with E-state index < -0.39 is 5.60 Å². The van der Waals surface area contributed by atoms with Gasteiger partial charge in [0.1, 0.15) is 0 Å². The Bertz CT molecular complexity index is 367. The van der Waals surface area contributed by atoms with Crippen LogP contribution in [0, 0.1) is 13.8 Å². The molecule has 1 fully saturated rings. The summed E-state index contributed by atoms with van der Waals surface area (Å²) in [6.45, 7) is 4.26. The molecule has 2 heteroatoms. The maximum Gasteiger partial charge on any atom is 0.0741 e. The highest BCUT2D eigenvalue weighted by Gasteiger charge is 2.30. The van der Waals surface area contributed by atoms with Gasteiger partial charge in [-0.3, -0.25) is 0 Å². The maximum atomic E-state index is 10.3. The molecule has 0 unspecified atom stereocenters. The third kappa shape index (κ3) is 2.80. The number of hydrogen-bond donors (Lipinski definition) is 1. The fourth-order valence-corrected chi connectivity index (χ4v) is 3.53. The van der Waals surface area contributed by atoms with Gasteiger partial charge in [0.25, 0.3) is 0 Å². The van der Waals surface area contributed by atoms with Crippen molar-refractivity contribution in [3.8, 4) is 0 Å². The van der Waals surface area contributed by atoms with Crippen LogP contribution in [0.3, 0.4) is 0 Å². The van der Waals surface area contributed by atoms with E-state index in [4.69, 9.17) is 0 Å². The Kier molecular flexibility index (Phi) is 3.60. The Morgan fingerprint density at radius 3 is 2.62 bits per heavy atom. The van der Waals surface area contributed by atoms with Gasteiger partial charge in [0.15, 0.2) is 0 Å². The van der Waals surface area contributed by atoms with Gasteiger partial charge in [0.05, 0.1) is 5.60 Å². The van der Waals surface area contributed by atoms with Crippen LogP contribution in [-0.2, 0) is 0 Å². The van der Waals surface area contributed by atoms with E-state index in [1.165, 1.54) is 28.9 Å². The monoisotopic (exact) mass is 236 g/mol. The molecule has 1 aliphatic rings. The molecule has 1 aromatic carbocycles. The molecule has 1 saturated carbocycles. The summed E-state index contributed by atoms with van der Waals surface area (Å²) in [4.78, 5) is 1.32. The molecule has 1 nitrogen and oxygen atoms in total. The lowest BCUT2D eigenvalue weighted by Gasteiger charge is -2.21. The quantitative estimate of drug-likeness (QED) is 0.808. The van der Waals surface area contributed by atoms with Crippen LogP contribution in [0.2, 0.25) is 0 Å². The van der Waals surface area contributed by atoms with Crippen LogP contribution in [-0.4, -0.2) is 16.5 Å². The second-order valence-corrected chi connectivity index (χ2v) is 6.01. The molecule has 0 aromatic heterocycles. The van der Waals surface area contributed by atoms with Gasteiger partial charge in [-0.15, -0.1) is 11.8 Å². The Morgan fingerprint density at radius 2 is 1.94 bits per heavy atom. The lowest BCUT2D eigenvalue weighted by Crippen LogP contribution is -2.27. The molecule has 0 spiro atoms. The number of hydrogen-bond acceptors (Lipinski definition) is 2. The molecule has 0 atom stereocenters. The van der Waals surface area contributed by atoms with Gasteiger partial charge in [-0.05, 0) is 38.3 Å². The summed E-state index contributed by atoms with van der Waals surface area (Å²) in [5.41, 5.74) is 2.21. The molecule has 1 aromatic rings. The Labute approximate surface area is 102 Å². The van der Waals surface area contributed by atoms with Crippen LogP contribution >= 0.6 is 11.8 Å². The predicted octanol–water partition coefficient (Wildman–Crippen LogP) is 3.70. The highest BCUT2D eigenvalue weighted by Crippen LogP contribution is 2.35. The van der Waals surface area contributed by atoms with Crippen molar-refractivity contribution in [2.75, 3.05) is 5.75 Å². The summed E-state index contributed by atoms with van der Waals surface area (Å²) >= 11 is 1.81. The van der Waals surface area contributed by atoms with Crippen molar-refractivity contribution in [3.63, 3.8) is 0 Å². The minimum Gasteiger partial charge on any atom is -0.389 e. The molecule has 0 radical (unpaired) electrons. The first-order chi connectivity index (χ1) is 7.59. The Balaban J connectivity index is 2.01. The predicted molar refractivity (Wildman–Crippen MR) is 70.1 cm³/mol. The van der Waals surface area contributed by atoms with Gasteiger partial charge in [0.2, 0.25) is 0 Å². The molecule has 16 heavy (non-hydrogen) atoms. The normalized spacial score (nSPS) is 18.9. The largest absolute Gasteiger partial charge is 0.389 e. The van der Waals surface area contributed by atoms with Gasteiger partial charge < -0.3 is 5.11 Å². The molecule has 0 amide bonds. The molecule has 0 aliphatic heterocycles. The molecule has 2 rings (SSSR count). The fraction of sp³-hybridized carbons (Fsp3) is 0.571. The molecule has 1 aliphatic carbocycles. The van der Waals surface area contributed by atoms with Crippen molar-refractivity contribution in [1.82, 2.24) is 0 Å². The van der Waals surface area contributed by atoms with E-state index in [2.05, 4.69) is 32.0 Å². The van der Waals surface area contributed by atoms with Crippen LogP contribution in [0.1, 0.15) is 36.8 Å². The minimum absolute atomic E-state index is 0.402. The van der Waals surface area contributed by atoms with Crippen molar-refractivity contribution in [1.29, 1.82) is 0 Å². The van der Waals surface area contributed by atoms with Gasteiger partial charge in [-0.2, -0.15) is 0 Å². The number of aliphatic hydroxyl groups is 1. The molecule has 0 heterocycles. The van der Waals surface area contributed by atoms with Crippen molar-refractivity contribution in [2.45, 2.75) is 50.0 Å². The maximum absolute atomic E-state index is 10.3. The molecule has 0 saturated heterocycles. The van der Waals surface area contributed by atoms with E-state index in [9.17, 15) is 5.11 Å². The number of thioether (sulfide) groups is 1. The summed E-state index contributed by atoms with van der Waals surface area (Å²) in [7, 11) is 0. The van der Waals surface area contributed by atoms with Crippen molar-refractivity contribution < 1.29 is 5.11 Å². The summed E-state index contributed by atoms with van der Waals surface area (Å²) in [5, 5.41) is 10.3. The number of rotatable bonds is 3. The lowest BCUT2D eigenvalue weighted by molar-refractivity contribution is 0.0732. The van der Waals surface area contributed by atoms with Gasteiger partial charge in [0, 0.05) is 10.6 Å². The van der Waals surface area contributed by atoms with E-state index in [1.807, 2.05) is 11.8 Å². The smallest absolute Gasteiger partial charge is 0.0741 e. The summed E-state index contributed by atoms with van der Waals surface area (Å²) < 4.78 is 0. The third-order valence-corrected chi connectivity index (χ3v) is 4.81. The zero-order valence-corrected chi connectivity index (χ0v) is 10.9. The van der Waals surface area contributed by atoms with Crippen molar-refractivity contribution in [3.05, 3.63) is 29.3 Å². The van der Waals surface area contributed by atoms with Crippen LogP contribution < -0.4 is 0 Å². The Hall–Kier alpha value is -0.470. The van der Waals surface area contributed by atoms with Gasteiger partial charge >= 0.3 is 0 Å². The average Bonchev–Trinajstić information content (AvgIpc) is 2.67. The number of benzene rings is 1. The van der Waals surface area contributed by atoms with Crippen LogP contribution in [0.25, 0.3) is 0 Å². The van der Waals surface area contributed by atoms with Gasteiger partial charge in [-0.1, -0.05) is 30.5 Å². The third-order valence-electron chi connectivity index (χ3n) is 3.37. The molecule has 1 N–H and O–H groups in total. The first-order valence-corrected chi connectivity index (χ1v) is 7.00. The van der Waals surface area contributed by atoms with E-state index in [0.717, 1.165) is 18.6 Å². The van der Waals surface area contributed by atoms with Crippen LogP contribution in [0.5, 0.6) is 0 Å². The van der Waals surface area contributed by atoms with Crippen molar-refractivity contribution >= 4 is 11.8 Å². The second kappa shape index (κ2) is 4.80. The second-order valence-electron chi connectivity index (χ2n) is 4.99. The van der Waals surface area contributed by atoms with Crippen LogP contribution in [0.15, 0.2) is 23.1 Å². The fourth-order valence-electron chi connectivity index (χ4n) is 2.25. The Morgan fingerprint density at radius 1 is 1.25 bits per heavy atom. The summed E-state index contributed by atoms with van der Waals surface area (Å²) in [6, 6.07) is 6.53. The molecular formula is C14H20OS.